The minimum Gasteiger partial charge on any atom is -0.367 e. The Morgan fingerprint density at radius 1 is 1.20 bits per heavy atom. The van der Waals surface area contributed by atoms with E-state index in [1.54, 1.807) is 6.20 Å². The molecule has 2 aromatic heterocycles. The van der Waals surface area contributed by atoms with Gasteiger partial charge in [-0.25, -0.2) is 19.9 Å². The second kappa shape index (κ2) is 3.76. The fourth-order valence-electron chi connectivity index (χ4n) is 1.32. The molecule has 0 aliphatic carbocycles. The van der Waals surface area contributed by atoms with Gasteiger partial charge in [0.05, 0.1) is 5.39 Å². The van der Waals surface area contributed by atoms with Gasteiger partial charge in [0, 0.05) is 12.2 Å². The summed E-state index contributed by atoms with van der Waals surface area (Å²) in [4.78, 5) is 16.7. The van der Waals surface area contributed by atoms with Crippen LogP contribution in [0.3, 0.4) is 0 Å². The Kier molecular flexibility index (Phi) is 2.45. The number of hydrogen-bond acceptors (Lipinski definition) is 5. The molecule has 0 aliphatic rings. The number of fused-ring (bicyclic) bond motifs is 1. The lowest BCUT2D eigenvalue weighted by atomic mass is 10.3. The van der Waals surface area contributed by atoms with Gasteiger partial charge < -0.3 is 5.32 Å². The third kappa shape index (κ3) is 2.01. The fourth-order valence-corrected chi connectivity index (χ4v) is 1.32. The van der Waals surface area contributed by atoms with Crippen molar-refractivity contribution in [2.24, 2.45) is 0 Å². The average molecular weight is 203 g/mol. The molecule has 5 nitrogen and oxygen atoms in total. The molecule has 0 saturated carbocycles. The number of nitrogens with zero attached hydrogens (tertiary/aromatic N) is 4. The van der Waals surface area contributed by atoms with Crippen LogP contribution < -0.4 is 5.32 Å². The third-order valence-electron chi connectivity index (χ3n) is 1.94. The van der Waals surface area contributed by atoms with Crippen LogP contribution in [-0.4, -0.2) is 26.0 Å². The zero-order chi connectivity index (χ0) is 10.8. The van der Waals surface area contributed by atoms with Gasteiger partial charge in [0.1, 0.15) is 18.0 Å². The van der Waals surface area contributed by atoms with E-state index in [1.165, 1.54) is 6.33 Å². The van der Waals surface area contributed by atoms with E-state index in [-0.39, 0.29) is 0 Å². The van der Waals surface area contributed by atoms with Crippen LogP contribution in [0.2, 0.25) is 0 Å². The van der Waals surface area contributed by atoms with Gasteiger partial charge in [0.15, 0.2) is 5.65 Å². The molecule has 0 bridgehead atoms. The van der Waals surface area contributed by atoms with Crippen LogP contribution >= 0.6 is 0 Å². The number of anilines is 1. The number of nitrogens with one attached hydrogen (secondary N) is 1. The molecule has 0 unspecified atom stereocenters. The summed E-state index contributed by atoms with van der Waals surface area (Å²) < 4.78 is 0. The highest BCUT2D eigenvalue weighted by Crippen LogP contribution is 2.16. The molecular weight excluding hydrogens is 190 g/mol. The van der Waals surface area contributed by atoms with Gasteiger partial charge in [-0.15, -0.1) is 0 Å². The second-order valence-electron chi connectivity index (χ2n) is 3.68. The maximum atomic E-state index is 4.24. The van der Waals surface area contributed by atoms with Gasteiger partial charge in [0.2, 0.25) is 0 Å². The second-order valence-corrected chi connectivity index (χ2v) is 3.68. The smallest absolute Gasteiger partial charge is 0.168 e. The highest BCUT2D eigenvalue weighted by molar-refractivity contribution is 5.85. The summed E-state index contributed by atoms with van der Waals surface area (Å²) in [6, 6.07) is 0.324. The standard InChI is InChI=1S/C10H13N5/c1-6(2)14-9-8-4-11-7(3)15-10(8)13-5-12-9/h4-6H,1-3H3,(H,11,12,13,14,15). The molecule has 0 radical (unpaired) electrons. The Bertz CT molecular complexity index is 480. The van der Waals surface area contributed by atoms with Gasteiger partial charge >= 0.3 is 0 Å². The summed E-state index contributed by atoms with van der Waals surface area (Å²) in [5.74, 6) is 1.51. The van der Waals surface area contributed by atoms with Crippen LogP contribution in [0, 0.1) is 6.92 Å². The maximum absolute atomic E-state index is 4.24. The minimum absolute atomic E-state index is 0.324. The first-order valence-corrected chi connectivity index (χ1v) is 4.87. The Hall–Kier alpha value is -1.78. The van der Waals surface area contributed by atoms with Crippen LogP contribution in [0.5, 0.6) is 0 Å². The first-order valence-electron chi connectivity index (χ1n) is 4.87. The van der Waals surface area contributed by atoms with E-state index < -0.39 is 0 Å². The summed E-state index contributed by atoms with van der Waals surface area (Å²) >= 11 is 0. The zero-order valence-corrected chi connectivity index (χ0v) is 9.02. The van der Waals surface area contributed by atoms with Crippen LogP contribution in [0.25, 0.3) is 11.0 Å². The molecule has 0 aliphatic heterocycles. The lowest BCUT2D eigenvalue weighted by Gasteiger charge is -2.10. The first-order chi connectivity index (χ1) is 7.16. The third-order valence-corrected chi connectivity index (χ3v) is 1.94. The van der Waals surface area contributed by atoms with E-state index in [9.17, 15) is 0 Å². The van der Waals surface area contributed by atoms with Crippen LogP contribution in [0.4, 0.5) is 5.82 Å². The van der Waals surface area contributed by atoms with Crippen molar-refractivity contribution in [3.05, 3.63) is 18.3 Å². The van der Waals surface area contributed by atoms with Gasteiger partial charge in [0.25, 0.3) is 0 Å². The monoisotopic (exact) mass is 203 g/mol. The molecule has 0 fully saturated rings. The van der Waals surface area contributed by atoms with E-state index in [0.717, 1.165) is 17.0 Å². The van der Waals surface area contributed by atoms with Crippen LogP contribution in [0.15, 0.2) is 12.5 Å². The Morgan fingerprint density at radius 3 is 2.73 bits per heavy atom. The number of aryl methyl sites for hydroxylation is 1. The van der Waals surface area contributed by atoms with E-state index in [1.807, 2.05) is 6.92 Å². The number of rotatable bonds is 2. The summed E-state index contributed by atoms with van der Waals surface area (Å²) in [7, 11) is 0. The highest BCUT2D eigenvalue weighted by atomic mass is 15.1. The van der Waals surface area contributed by atoms with Crippen molar-refractivity contribution in [2.45, 2.75) is 26.8 Å². The average Bonchev–Trinajstić information content (AvgIpc) is 2.16. The minimum atomic E-state index is 0.324. The SMILES string of the molecule is Cc1ncc2c(NC(C)C)ncnc2n1. The normalized spacial score (nSPS) is 10.9. The van der Waals surface area contributed by atoms with Crippen LogP contribution in [0.1, 0.15) is 19.7 Å². The molecule has 1 N–H and O–H groups in total. The molecule has 2 aromatic rings. The molecule has 0 spiro atoms. The van der Waals surface area contributed by atoms with Crippen molar-refractivity contribution in [1.82, 2.24) is 19.9 Å². The highest BCUT2D eigenvalue weighted by Gasteiger charge is 2.05. The topological polar surface area (TPSA) is 63.6 Å². The Balaban J connectivity index is 2.56. The summed E-state index contributed by atoms with van der Waals surface area (Å²) in [6.45, 7) is 5.96. The quantitative estimate of drug-likeness (QED) is 0.802. The van der Waals surface area contributed by atoms with Crippen molar-refractivity contribution in [1.29, 1.82) is 0 Å². The summed E-state index contributed by atoms with van der Waals surface area (Å²) in [5.41, 5.74) is 0.681. The van der Waals surface area contributed by atoms with Gasteiger partial charge in [-0.3, -0.25) is 0 Å². The van der Waals surface area contributed by atoms with Crippen LogP contribution in [-0.2, 0) is 0 Å². The van der Waals surface area contributed by atoms with Crippen molar-refractivity contribution in [3.8, 4) is 0 Å². The molecule has 0 aromatic carbocycles. The largest absolute Gasteiger partial charge is 0.367 e. The molecule has 2 heterocycles. The van der Waals surface area contributed by atoms with Crippen molar-refractivity contribution in [2.75, 3.05) is 5.32 Å². The molecule has 5 heteroatoms. The Morgan fingerprint density at radius 2 is 2.00 bits per heavy atom. The lowest BCUT2D eigenvalue weighted by Crippen LogP contribution is -2.12. The maximum Gasteiger partial charge on any atom is 0.168 e. The molecule has 0 saturated heterocycles. The lowest BCUT2D eigenvalue weighted by molar-refractivity contribution is 0.889. The van der Waals surface area contributed by atoms with Gasteiger partial charge in [-0.1, -0.05) is 0 Å². The predicted octanol–water partition coefficient (Wildman–Crippen LogP) is 1.55. The van der Waals surface area contributed by atoms with Gasteiger partial charge in [-0.2, -0.15) is 0 Å². The molecule has 0 atom stereocenters. The summed E-state index contributed by atoms with van der Waals surface area (Å²) in [6.07, 6.45) is 3.27. The predicted molar refractivity (Wildman–Crippen MR) is 58.6 cm³/mol. The van der Waals surface area contributed by atoms with E-state index in [4.69, 9.17) is 0 Å². The zero-order valence-electron chi connectivity index (χ0n) is 9.02. The van der Waals surface area contributed by atoms with E-state index >= 15 is 0 Å². The van der Waals surface area contributed by atoms with E-state index in [0.29, 0.717) is 11.7 Å². The molecule has 78 valence electrons. The molecular formula is C10H13N5. The first kappa shape index (κ1) is 9.76. The molecule has 0 amide bonds. The van der Waals surface area contributed by atoms with Crippen molar-refractivity contribution >= 4 is 16.9 Å². The number of aromatic nitrogens is 4. The van der Waals surface area contributed by atoms with Crippen molar-refractivity contribution < 1.29 is 0 Å². The Labute approximate surface area is 88.0 Å². The fraction of sp³-hybridized carbons (Fsp3) is 0.400. The number of hydrogen-bond donors (Lipinski definition) is 1. The molecule has 15 heavy (non-hydrogen) atoms. The summed E-state index contributed by atoms with van der Waals surface area (Å²) in [5, 5.41) is 4.09. The molecule has 2 rings (SSSR count). The van der Waals surface area contributed by atoms with E-state index in [2.05, 4.69) is 39.1 Å². The van der Waals surface area contributed by atoms with Crippen molar-refractivity contribution in [3.63, 3.8) is 0 Å². The van der Waals surface area contributed by atoms with Gasteiger partial charge in [-0.05, 0) is 20.8 Å².